The highest BCUT2D eigenvalue weighted by Crippen LogP contribution is 2.35. The zero-order valence-electron chi connectivity index (χ0n) is 13.0. The van der Waals surface area contributed by atoms with Gasteiger partial charge in [-0.3, -0.25) is 4.90 Å². The Hall–Kier alpha value is -0.120. The zero-order valence-corrected chi connectivity index (χ0v) is 13.0. The molecule has 114 valence electrons. The monoisotopic (exact) mass is 270 g/mol. The summed E-state index contributed by atoms with van der Waals surface area (Å²) in [6, 6.07) is 0.596. The summed E-state index contributed by atoms with van der Waals surface area (Å²) >= 11 is 0. The van der Waals surface area contributed by atoms with Crippen molar-refractivity contribution in [1.29, 1.82) is 0 Å². The molecular weight excluding hydrogens is 236 g/mol. The molecule has 1 aliphatic rings. The van der Waals surface area contributed by atoms with Crippen molar-refractivity contribution in [2.45, 2.75) is 71.3 Å². The minimum atomic E-state index is 0.261. The van der Waals surface area contributed by atoms with Gasteiger partial charge in [0.25, 0.3) is 0 Å². The molecule has 0 aromatic carbocycles. The van der Waals surface area contributed by atoms with Gasteiger partial charge in [0.2, 0.25) is 0 Å². The predicted molar refractivity (Wildman–Crippen MR) is 82.2 cm³/mol. The largest absolute Gasteiger partial charge is 0.395 e. The lowest BCUT2D eigenvalue weighted by Gasteiger charge is -2.40. The minimum Gasteiger partial charge on any atom is -0.395 e. The van der Waals surface area contributed by atoms with Crippen LogP contribution in [-0.2, 0) is 0 Å². The molecule has 0 amide bonds. The molecule has 1 fully saturated rings. The maximum atomic E-state index is 9.35. The van der Waals surface area contributed by atoms with Gasteiger partial charge in [-0.05, 0) is 37.6 Å². The topological polar surface area (TPSA) is 49.5 Å². The number of hydrogen-bond donors (Lipinski definition) is 2. The third-order valence-corrected chi connectivity index (χ3v) is 4.98. The fraction of sp³-hybridized carbons (Fsp3) is 1.00. The maximum absolute atomic E-state index is 9.35. The van der Waals surface area contributed by atoms with E-state index < -0.39 is 0 Å². The van der Waals surface area contributed by atoms with Crippen molar-refractivity contribution in [3.63, 3.8) is 0 Å². The Bertz CT molecular complexity index is 221. The Kier molecular flexibility index (Phi) is 7.96. The van der Waals surface area contributed by atoms with Crippen molar-refractivity contribution in [2.75, 3.05) is 26.2 Å². The molecule has 0 unspecified atom stereocenters. The van der Waals surface area contributed by atoms with Crippen LogP contribution in [-0.4, -0.2) is 42.3 Å². The normalized spacial score (nSPS) is 19.9. The first-order valence-corrected chi connectivity index (χ1v) is 8.26. The third kappa shape index (κ3) is 5.05. The van der Waals surface area contributed by atoms with E-state index in [9.17, 15) is 5.11 Å². The van der Waals surface area contributed by atoms with Gasteiger partial charge in [-0.1, -0.05) is 39.5 Å². The Morgan fingerprint density at radius 2 is 1.68 bits per heavy atom. The molecule has 19 heavy (non-hydrogen) atoms. The molecule has 3 heteroatoms. The van der Waals surface area contributed by atoms with E-state index >= 15 is 0 Å². The summed E-state index contributed by atoms with van der Waals surface area (Å²) in [4.78, 5) is 2.50. The quantitative estimate of drug-likeness (QED) is 0.667. The maximum Gasteiger partial charge on any atom is 0.0558 e. The Morgan fingerprint density at radius 1 is 1.11 bits per heavy atom. The molecule has 1 rings (SSSR count). The number of rotatable bonds is 8. The van der Waals surface area contributed by atoms with Crippen LogP contribution in [0.15, 0.2) is 0 Å². The lowest BCUT2D eigenvalue weighted by molar-refractivity contribution is 0.0765. The van der Waals surface area contributed by atoms with Crippen LogP contribution in [0.2, 0.25) is 0 Å². The van der Waals surface area contributed by atoms with Crippen LogP contribution < -0.4 is 5.73 Å². The molecule has 1 aliphatic carbocycles. The average molecular weight is 270 g/mol. The summed E-state index contributed by atoms with van der Waals surface area (Å²) in [6.45, 7) is 7.44. The van der Waals surface area contributed by atoms with Gasteiger partial charge >= 0.3 is 0 Å². The predicted octanol–water partition coefficient (Wildman–Crippen LogP) is 2.77. The highest BCUT2D eigenvalue weighted by Gasteiger charge is 2.32. The molecule has 0 bridgehead atoms. The molecule has 0 atom stereocenters. The van der Waals surface area contributed by atoms with Crippen LogP contribution >= 0.6 is 0 Å². The summed E-state index contributed by atoms with van der Waals surface area (Å²) < 4.78 is 0. The van der Waals surface area contributed by atoms with Crippen LogP contribution in [0, 0.1) is 5.41 Å². The van der Waals surface area contributed by atoms with Crippen LogP contribution in [0.4, 0.5) is 0 Å². The fourth-order valence-electron chi connectivity index (χ4n) is 3.66. The SMILES string of the molecule is CCC(CC)N(CCO)CC1(CN)CCCCCC1. The van der Waals surface area contributed by atoms with Crippen LogP contribution in [0.5, 0.6) is 0 Å². The van der Waals surface area contributed by atoms with Crippen molar-refractivity contribution in [1.82, 2.24) is 4.90 Å². The highest BCUT2D eigenvalue weighted by atomic mass is 16.3. The first kappa shape index (κ1) is 16.9. The Labute approximate surface area is 119 Å². The lowest BCUT2D eigenvalue weighted by Crippen LogP contribution is -2.47. The summed E-state index contributed by atoms with van der Waals surface area (Å²) in [5, 5.41) is 9.35. The average Bonchev–Trinajstić information content (AvgIpc) is 2.66. The molecule has 0 radical (unpaired) electrons. The van der Waals surface area contributed by atoms with Crippen molar-refractivity contribution in [3.8, 4) is 0 Å². The second-order valence-corrected chi connectivity index (χ2v) is 6.28. The standard InChI is InChI=1S/C16H34N2O/c1-3-15(4-2)18(11-12-19)14-16(13-17)9-7-5-6-8-10-16/h15,19H,3-14,17H2,1-2H3. The van der Waals surface area contributed by atoms with Gasteiger partial charge in [-0.2, -0.15) is 0 Å². The number of aliphatic hydroxyl groups excluding tert-OH is 1. The molecule has 0 aliphatic heterocycles. The van der Waals surface area contributed by atoms with E-state index in [1.54, 1.807) is 0 Å². The first-order chi connectivity index (χ1) is 9.21. The first-order valence-electron chi connectivity index (χ1n) is 8.26. The van der Waals surface area contributed by atoms with Gasteiger partial charge in [0.15, 0.2) is 0 Å². The highest BCUT2D eigenvalue weighted by molar-refractivity contribution is 4.87. The second kappa shape index (κ2) is 8.93. The van der Waals surface area contributed by atoms with Gasteiger partial charge < -0.3 is 10.8 Å². The zero-order chi connectivity index (χ0) is 14.1. The molecule has 0 aromatic rings. The second-order valence-electron chi connectivity index (χ2n) is 6.28. The van der Waals surface area contributed by atoms with E-state index in [1.807, 2.05) is 0 Å². The molecule has 0 spiro atoms. The number of nitrogens with zero attached hydrogens (tertiary/aromatic N) is 1. The van der Waals surface area contributed by atoms with Gasteiger partial charge in [0.05, 0.1) is 6.61 Å². The number of hydrogen-bond acceptors (Lipinski definition) is 3. The van der Waals surface area contributed by atoms with Crippen molar-refractivity contribution < 1.29 is 5.11 Å². The van der Waals surface area contributed by atoms with Crippen molar-refractivity contribution >= 4 is 0 Å². The van der Waals surface area contributed by atoms with E-state index in [0.29, 0.717) is 11.5 Å². The Morgan fingerprint density at radius 3 is 2.11 bits per heavy atom. The summed E-state index contributed by atoms with van der Waals surface area (Å²) in [5.74, 6) is 0. The molecule has 1 saturated carbocycles. The number of nitrogens with two attached hydrogens (primary N) is 1. The van der Waals surface area contributed by atoms with Gasteiger partial charge in [0, 0.05) is 19.1 Å². The molecule has 0 heterocycles. The van der Waals surface area contributed by atoms with Crippen molar-refractivity contribution in [3.05, 3.63) is 0 Å². The Balaban J connectivity index is 2.72. The van der Waals surface area contributed by atoms with Crippen LogP contribution in [0.25, 0.3) is 0 Å². The molecule has 0 aromatic heterocycles. The summed E-state index contributed by atoms with van der Waals surface area (Å²) in [7, 11) is 0. The fourth-order valence-corrected chi connectivity index (χ4v) is 3.66. The lowest BCUT2D eigenvalue weighted by atomic mass is 9.79. The van der Waals surface area contributed by atoms with E-state index in [1.165, 1.54) is 38.5 Å². The van der Waals surface area contributed by atoms with E-state index in [2.05, 4.69) is 18.7 Å². The van der Waals surface area contributed by atoms with Crippen LogP contribution in [0.1, 0.15) is 65.2 Å². The van der Waals surface area contributed by atoms with Gasteiger partial charge in [-0.25, -0.2) is 0 Å². The number of aliphatic hydroxyl groups is 1. The van der Waals surface area contributed by atoms with E-state index in [0.717, 1.165) is 32.5 Å². The van der Waals surface area contributed by atoms with Crippen LogP contribution in [0.3, 0.4) is 0 Å². The molecule has 3 N–H and O–H groups in total. The summed E-state index contributed by atoms with van der Waals surface area (Å²) in [5.41, 5.74) is 6.45. The van der Waals surface area contributed by atoms with Gasteiger partial charge in [0.1, 0.15) is 0 Å². The van der Waals surface area contributed by atoms with Gasteiger partial charge in [-0.15, -0.1) is 0 Å². The van der Waals surface area contributed by atoms with E-state index in [-0.39, 0.29) is 6.61 Å². The summed E-state index contributed by atoms with van der Waals surface area (Å²) in [6.07, 6.45) is 10.3. The smallest absolute Gasteiger partial charge is 0.0558 e. The van der Waals surface area contributed by atoms with E-state index in [4.69, 9.17) is 5.73 Å². The van der Waals surface area contributed by atoms with Crippen molar-refractivity contribution in [2.24, 2.45) is 11.1 Å². The molecule has 0 saturated heterocycles. The molecular formula is C16H34N2O. The minimum absolute atomic E-state index is 0.261. The molecule has 3 nitrogen and oxygen atoms in total. The third-order valence-electron chi connectivity index (χ3n) is 4.98.